The molecule has 1 aliphatic rings. The van der Waals surface area contributed by atoms with Gasteiger partial charge in [0.2, 0.25) is 0 Å². The summed E-state index contributed by atoms with van der Waals surface area (Å²) in [7, 11) is 1.81. The zero-order chi connectivity index (χ0) is 12.3. The Morgan fingerprint density at radius 3 is 3.06 bits per heavy atom. The monoisotopic (exact) mass is 236 g/mol. The average molecular weight is 236 g/mol. The lowest BCUT2D eigenvalue weighted by Gasteiger charge is -2.33. The Balaban J connectivity index is 2.12. The number of nitrogens with one attached hydrogen (secondary N) is 1. The van der Waals surface area contributed by atoms with Gasteiger partial charge in [-0.3, -0.25) is 9.48 Å². The number of hydrogen-bond donors (Lipinski definition) is 1. The van der Waals surface area contributed by atoms with Crippen molar-refractivity contribution >= 4 is 5.91 Å². The average Bonchev–Trinajstić information content (AvgIpc) is 2.77. The number of amides is 1. The van der Waals surface area contributed by atoms with E-state index in [0.29, 0.717) is 11.7 Å². The Kier molecular flexibility index (Phi) is 3.78. The molecule has 1 aliphatic heterocycles. The van der Waals surface area contributed by atoms with E-state index >= 15 is 0 Å². The first-order chi connectivity index (χ1) is 8.24. The Labute approximate surface area is 102 Å². The molecule has 1 N–H and O–H groups in total. The predicted molar refractivity (Wildman–Crippen MR) is 65.8 cm³/mol. The van der Waals surface area contributed by atoms with Crippen LogP contribution in [0.2, 0.25) is 0 Å². The second kappa shape index (κ2) is 5.31. The van der Waals surface area contributed by atoms with Gasteiger partial charge in [0.05, 0.1) is 0 Å². The van der Waals surface area contributed by atoms with Crippen LogP contribution in [0.25, 0.3) is 0 Å². The summed E-state index contributed by atoms with van der Waals surface area (Å²) in [5.74, 6) is 0.0844. The second-order valence-corrected chi connectivity index (χ2v) is 4.43. The number of carbonyl (C=O) groups excluding carboxylic acids is 1. The van der Waals surface area contributed by atoms with Crippen molar-refractivity contribution in [3.8, 4) is 0 Å². The standard InChI is InChI=1S/C12H20N4O/c1-3-16(10-5-4-7-13-9-10)12(17)11-6-8-14-15(11)2/h6,8,10,13H,3-5,7,9H2,1-2H3. The van der Waals surface area contributed by atoms with Crippen molar-refractivity contribution in [3.63, 3.8) is 0 Å². The van der Waals surface area contributed by atoms with Gasteiger partial charge in [-0.2, -0.15) is 5.10 Å². The molecule has 94 valence electrons. The minimum atomic E-state index is 0.0844. The molecular weight excluding hydrogens is 216 g/mol. The number of aryl methyl sites for hydroxylation is 1. The maximum atomic E-state index is 12.4. The molecular formula is C12H20N4O. The number of rotatable bonds is 3. The topological polar surface area (TPSA) is 50.2 Å². The third-order valence-electron chi connectivity index (χ3n) is 3.35. The third kappa shape index (κ3) is 2.49. The molecule has 2 heterocycles. The molecule has 17 heavy (non-hydrogen) atoms. The fourth-order valence-electron chi connectivity index (χ4n) is 2.40. The molecule has 5 nitrogen and oxygen atoms in total. The summed E-state index contributed by atoms with van der Waals surface area (Å²) in [5, 5.41) is 7.40. The van der Waals surface area contributed by atoms with Gasteiger partial charge < -0.3 is 10.2 Å². The van der Waals surface area contributed by atoms with E-state index in [4.69, 9.17) is 0 Å². The fraction of sp³-hybridized carbons (Fsp3) is 0.667. The third-order valence-corrected chi connectivity index (χ3v) is 3.35. The van der Waals surface area contributed by atoms with E-state index in [9.17, 15) is 4.79 Å². The van der Waals surface area contributed by atoms with Crippen molar-refractivity contribution in [3.05, 3.63) is 18.0 Å². The van der Waals surface area contributed by atoms with Gasteiger partial charge in [0.1, 0.15) is 5.69 Å². The first kappa shape index (κ1) is 12.1. The molecule has 0 radical (unpaired) electrons. The zero-order valence-corrected chi connectivity index (χ0v) is 10.5. The summed E-state index contributed by atoms with van der Waals surface area (Å²) in [4.78, 5) is 14.3. The van der Waals surface area contributed by atoms with Crippen LogP contribution in [-0.2, 0) is 7.05 Å². The molecule has 0 saturated carbocycles. The molecule has 2 rings (SSSR count). The van der Waals surface area contributed by atoms with Crippen LogP contribution < -0.4 is 5.32 Å². The van der Waals surface area contributed by atoms with E-state index in [1.807, 2.05) is 11.8 Å². The SMILES string of the molecule is CCN(C(=O)c1ccnn1C)C1CCCNC1. The lowest BCUT2D eigenvalue weighted by molar-refractivity contribution is 0.0651. The Morgan fingerprint density at radius 2 is 2.53 bits per heavy atom. The maximum Gasteiger partial charge on any atom is 0.272 e. The number of nitrogens with zero attached hydrogens (tertiary/aromatic N) is 3. The van der Waals surface area contributed by atoms with Crippen molar-refractivity contribution < 1.29 is 4.79 Å². The molecule has 0 aliphatic carbocycles. The van der Waals surface area contributed by atoms with Crippen molar-refractivity contribution in [1.29, 1.82) is 0 Å². The summed E-state index contributed by atoms with van der Waals surface area (Å²) in [5.41, 5.74) is 0.664. The highest BCUT2D eigenvalue weighted by molar-refractivity contribution is 5.92. The highest BCUT2D eigenvalue weighted by Crippen LogP contribution is 2.13. The molecule has 1 amide bonds. The molecule has 1 aromatic heterocycles. The van der Waals surface area contributed by atoms with Gasteiger partial charge in [-0.25, -0.2) is 0 Å². The highest BCUT2D eigenvalue weighted by atomic mass is 16.2. The first-order valence-electron chi connectivity index (χ1n) is 6.23. The van der Waals surface area contributed by atoms with E-state index in [2.05, 4.69) is 10.4 Å². The number of piperidine rings is 1. The van der Waals surface area contributed by atoms with Crippen LogP contribution in [0.15, 0.2) is 12.3 Å². The number of carbonyl (C=O) groups is 1. The lowest BCUT2D eigenvalue weighted by Crippen LogP contribution is -2.49. The van der Waals surface area contributed by atoms with Crippen molar-refractivity contribution in [2.75, 3.05) is 19.6 Å². The molecule has 0 spiro atoms. The van der Waals surface area contributed by atoms with Gasteiger partial charge in [0, 0.05) is 32.4 Å². The van der Waals surface area contributed by atoms with Crippen LogP contribution in [0.3, 0.4) is 0 Å². The number of aromatic nitrogens is 2. The van der Waals surface area contributed by atoms with Crippen LogP contribution >= 0.6 is 0 Å². The molecule has 1 aromatic rings. The summed E-state index contributed by atoms with van der Waals surface area (Å²) >= 11 is 0. The van der Waals surface area contributed by atoms with E-state index in [1.54, 1.807) is 24.0 Å². The van der Waals surface area contributed by atoms with E-state index in [1.165, 1.54) is 0 Å². The molecule has 5 heteroatoms. The molecule has 1 unspecified atom stereocenters. The van der Waals surface area contributed by atoms with E-state index in [0.717, 1.165) is 32.5 Å². The van der Waals surface area contributed by atoms with E-state index in [-0.39, 0.29) is 5.91 Å². The van der Waals surface area contributed by atoms with Crippen LogP contribution in [0, 0.1) is 0 Å². The largest absolute Gasteiger partial charge is 0.333 e. The zero-order valence-electron chi connectivity index (χ0n) is 10.5. The lowest BCUT2D eigenvalue weighted by atomic mass is 10.1. The van der Waals surface area contributed by atoms with Gasteiger partial charge >= 0.3 is 0 Å². The molecule has 1 saturated heterocycles. The van der Waals surface area contributed by atoms with Crippen LogP contribution in [0.4, 0.5) is 0 Å². The van der Waals surface area contributed by atoms with Gasteiger partial charge in [-0.1, -0.05) is 0 Å². The fourth-order valence-corrected chi connectivity index (χ4v) is 2.40. The highest BCUT2D eigenvalue weighted by Gasteiger charge is 2.26. The van der Waals surface area contributed by atoms with E-state index < -0.39 is 0 Å². The maximum absolute atomic E-state index is 12.4. The van der Waals surface area contributed by atoms with Gasteiger partial charge in [-0.15, -0.1) is 0 Å². The first-order valence-corrected chi connectivity index (χ1v) is 6.23. The Bertz CT molecular complexity index is 382. The summed E-state index contributed by atoms with van der Waals surface area (Å²) < 4.78 is 1.64. The number of likely N-dealkylation sites (N-methyl/N-ethyl adjacent to an activating group) is 1. The molecule has 1 fully saturated rings. The smallest absolute Gasteiger partial charge is 0.272 e. The van der Waals surface area contributed by atoms with Gasteiger partial charge in [0.25, 0.3) is 5.91 Å². The second-order valence-electron chi connectivity index (χ2n) is 4.43. The predicted octanol–water partition coefficient (Wildman–Crippen LogP) is 0.634. The van der Waals surface area contributed by atoms with Gasteiger partial charge in [0.15, 0.2) is 0 Å². The summed E-state index contributed by atoms with van der Waals surface area (Å²) in [6.07, 6.45) is 3.89. The van der Waals surface area contributed by atoms with Crippen molar-refractivity contribution in [1.82, 2.24) is 20.0 Å². The quantitative estimate of drug-likeness (QED) is 0.837. The van der Waals surface area contributed by atoms with Gasteiger partial charge in [-0.05, 0) is 32.4 Å². The van der Waals surface area contributed by atoms with Crippen molar-refractivity contribution in [2.45, 2.75) is 25.8 Å². The Hall–Kier alpha value is -1.36. The van der Waals surface area contributed by atoms with Crippen LogP contribution in [-0.4, -0.2) is 46.3 Å². The normalized spacial score (nSPS) is 20.2. The molecule has 0 bridgehead atoms. The molecule has 1 atom stereocenters. The Morgan fingerprint density at radius 1 is 1.71 bits per heavy atom. The number of hydrogen-bond acceptors (Lipinski definition) is 3. The minimum absolute atomic E-state index is 0.0844. The summed E-state index contributed by atoms with van der Waals surface area (Å²) in [6, 6.07) is 2.09. The minimum Gasteiger partial charge on any atom is -0.333 e. The van der Waals surface area contributed by atoms with Crippen molar-refractivity contribution in [2.24, 2.45) is 7.05 Å². The molecule has 0 aromatic carbocycles. The van der Waals surface area contributed by atoms with Crippen LogP contribution in [0.1, 0.15) is 30.3 Å². The summed E-state index contributed by atoms with van der Waals surface area (Å²) in [6.45, 7) is 4.74. The van der Waals surface area contributed by atoms with Crippen LogP contribution in [0.5, 0.6) is 0 Å².